The van der Waals surface area contributed by atoms with E-state index >= 15 is 0 Å². The molecule has 0 saturated heterocycles. The maximum Gasteiger partial charge on any atom is 0.0960 e. The van der Waals surface area contributed by atoms with Crippen LogP contribution in [-0.4, -0.2) is 24.5 Å². The monoisotopic (exact) mass is 198 g/mol. The summed E-state index contributed by atoms with van der Waals surface area (Å²) in [4.78, 5) is 4.25. The number of thioether (sulfide) groups is 1. The molecule has 1 rings (SSSR count). The van der Waals surface area contributed by atoms with E-state index < -0.39 is 0 Å². The van der Waals surface area contributed by atoms with Crippen molar-refractivity contribution in [3.8, 4) is 0 Å². The maximum atomic E-state index is 5.45. The van der Waals surface area contributed by atoms with Crippen molar-refractivity contribution in [2.45, 2.75) is 11.6 Å². The van der Waals surface area contributed by atoms with E-state index in [1.54, 1.807) is 18.9 Å². The molecule has 0 aliphatic rings. The van der Waals surface area contributed by atoms with Gasteiger partial charge in [-0.2, -0.15) is 0 Å². The molecular formula is C9H14N2OS. The van der Waals surface area contributed by atoms with Crippen molar-refractivity contribution < 1.29 is 4.74 Å². The lowest BCUT2D eigenvalue weighted by Crippen LogP contribution is -1.97. The Labute approximate surface area is 82.7 Å². The standard InChI is InChI=1S/C9H14N2OS/c1-12-4-5-13-9-3-2-8(6-10)7-11-9/h2-3,7H,4-6,10H2,1H3. The highest BCUT2D eigenvalue weighted by Crippen LogP contribution is 2.14. The molecular weight excluding hydrogens is 184 g/mol. The molecule has 0 fully saturated rings. The molecule has 0 atom stereocenters. The highest BCUT2D eigenvalue weighted by Gasteiger charge is 1.95. The van der Waals surface area contributed by atoms with Crippen molar-refractivity contribution in [1.29, 1.82) is 0 Å². The SMILES string of the molecule is COCCSc1ccc(CN)cn1. The first-order chi connectivity index (χ1) is 6.36. The van der Waals surface area contributed by atoms with E-state index in [2.05, 4.69) is 4.98 Å². The minimum Gasteiger partial charge on any atom is -0.384 e. The predicted octanol–water partition coefficient (Wildman–Crippen LogP) is 1.28. The minimum absolute atomic E-state index is 0.552. The fourth-order valence-corrected chi connectivity index (χ4v) is 1.60. The molecule has 3 nitrogen and oxygen atoms in total. The quantitative estimate of drug-likeness (QED) is 0.572. The number of aromatic nitrogens is 1. The van der Waals surface area contributed by atoms with Gasteiger partial charge in [-0.25, -0.2) is 4.98 Å². The largest absolute Gasteiger partial charge is 0.384 e. The van der Waals surface area contributed by atoms with Gasteiger partial charge in [-0.15, -0.1) is 11.8 Å². The van der Waals surface area contributed by atoms with Gasteiger partial charge < -0.3 is 10.5 Å². The first-order valence-corrected chi connectivity index (χ1v) is 5.12. The Bertz CT molecular complexity index is 238. The number of nitrogens with two attached hydrogens (primary N) is 1. The Hall–Kier alpha value is -0.580. The fraction of sp³-hybridized carbons (Fsp3) is 0.444. The van der Waals surface area contributed by atoms with E-state index in [1.807, 2.05) is 18.3 Å². The molecule has 2 N–H and O–H groups in total. The summed E-state index contributed by atoms with van der Waals surface area (Å²) in [5, 5.41) is 1.02. The highest BCUT2D eigenvalue weighted by atomic mass is 32.2. The van der Waals surface area contributed by atoms with Crippen LogP contribution in [0.1, 0.15) is 5.56 Å². The molecule has 1 heterocycles. The van der Waals surface area contributed by atoms with Gasteiger partial charge in [0.1, 0.15) is 0 Å². The first kappa shape index (κ1) is 10.5. The molecule has 4 heteroatoms. The number of pyridine rings is 1. The lowest BCUT2D eigenvalue weighted by Gasteiger charge is -2.00. The number of rotatable bonds is 5. The molecule has 0 amide bonds. The van der Waals surface area contributed by atoms with Gasteiger partial charge >= 0.3 is 0 Å². The Kier molecular flexibility index (Phi) is 4.82. The molecule has 0 aliphatic carbocycles. The van der Waals surface area contributed by atoms with Gasteiger partial charge in [0.05, 0.1) is 11.6 Å². The van der Waals surface area contributed by atoms with Crippen molar-refractivity contribution in [2.24, 2.45) is 5.73 Å². The van der Waals surface area contributed by atoms with E-state index in [0.717, 1.165) is 22.9 Å². The molecule has 0 aromatic carbocycles. The van der Waals surface area contributed by atoms with Crippen molar-refractivity contribution in [3.63, 3.8) is 0 Å². The van der Waals surface area contributed by atoms with Crippen LogP contribution in [-0.2, 0) is 11.3 Å². The van der Waals surface area contributed by atoms with Crippen molar-refractivity contribution in [1.82, 2.24) is 4.98 Å². The van der Waals surface area contributed by atoms with Crippen LogP contribution in [0.4, 0.5) is 0 Å². The second kappa shape index (κ2) is 5.96. The number of hydrogen-bond donors (Lipinski definition) is 1. The third-order valence-corrected chi connectivity index (χ3v) is 2.48. The summed E-state index contributed by atoms with van der Waals surface area (Å²) >= 11 is 1.69. The summed E-state index contributed by atoms with van der Waals surface area (Å²) in [7, 11) is 1.70. The molecule has 72 valence electrons. The molecule has 0 radical (unpaired) electrons. The van der Waals surface area contributed by atoms with Crippen molar-refractivity contribution >= 4 is 11.8 Å². The second-order valence-corrected chi connectivity index (χ2v) is 3.67. The fourth-order valence-electron chi connectivity index (χ4n) is 0.847. The number of methoxy groups -OCH3 is 1. The van der Waals surface area contributed by atoms with Crippen LogP contribution in [0.15, 0.2) is 23.4 Å². The van der Waals surface area contributed by atoms with Crippen molar-refractivity contribution in [3.05, 3.63) is 23.9 Å². The predicted molar refractivity (Wildman–Crippen MR) is 54.7 cm³/mol. The summed E-state index contributed by atoms with van der Waals surface area (Å²) in [5.74, 6) is 0.936. The van der Waals surface area contributed by atoms with Crippen LogP contribution < -0.4 is 5.73 Å². The molecule has 1 aromatic heterocycles. The van der Waals surface area contributed by atoms with Crippen LogP contribution in [0.5, 0.6) is 0 Å². The van der Waals surface area contributed by atoms with Gasteiger partial charge in [0.2, 0.25) is 0 Å². The third-order valence-electron chi connectivity index (χ3n) is 1.57. The molecule has 13 heavy (non-hydrogen) atoms. The average molecular weight is 198 g/mol. The smallest absolute Gasteiger partial charge is 0.0960 e. The van der Waals surface area contributed by atoms with Gasteiger partial charge in [0.25, 0.3) is 0 Å². The van der Waals surface area contributed by atoms with E-state index in [0.29, 0.717) is 6.54 Å². The zero-order valence-corrected chi connectivity index (χ0v) is 8.51. The molecule has 0 saturated carbocycles. The van der Waals surface area contributed by atoms with Crippen LogP contribution >= 0.6 is 11.8 Å². The lowest BCUT2D eigenvalue weighted by molar-refractivity contribution is 0.218. The Morgan fingerprint density at radius 2 is 2.38 bits per heavy atom. The topological polar surface area (TPSA) is 48.1 Å². The average Bonchev–Trinajstić information content (AvgIpc) is 2.19. The summed E-state index contributed by atoms with van der Waals surface area (Å²) in [6.07, 6.45) is 1.81. The summed E-state index contributed by atoms with van der Waals surface area (Å²) in [5.41, 5.74) is 6.52. The molecule has 0 aliphatic heterocycles. The van der Waals surface area contributed by atoms with E-state index in [1.165, 1.54) is 0 Å². The van der Waals surface area contributed by atoms with Gasteiger partial charge in [0, 0.05) is 25.6 Å². The van der Waals surface area contributed by atoms with E-state index in [4.69, 9.17) is 10.5 Å². The Morgan fingerprint density at radius 1 is 1.54 bits per heavy atom. The second-order valence-electron chi connectivity index (χ2n) is 2.55. The van der Waals surface area contributed by atoms with Crippen LogP contribution in [0.2, 0.25) is 0 Å². The van der Waals surface area contributed by atoms with Crippen LogP contribution in [0, 0.1) is 0 Å². The lowest BCUT2D eigenvalue weighted by atomic mass is 10.3. The summed E-state index contributed by atoms with van der Waals surface area (Å²) in [6.45, 7) is 1.31. The zero-order valence-electron chi connectivity index (χ0n) is 7.69. The van der Waals surface area contributed by atoms with Crippen LogP contribution in [0.3, 0.4) is 0 Å². The van der Waals surface area contributed by atoms with Crippen LogP contribution in [0.25, 0.3) is 0 Å². The first-order valence-electron chi connectivity index (χ1n) is 4.13. The summed E-state index contributed by atoms with van der Waals surface area (Å²) in [6, 6.07) is 3.99. The Balaban J connectivity index is 2.40. The summed E-state index contributed by atoms with van der Waals surface area (Å²) < 4.78 is 4.94. The molecule has 0 bridgehead atoms. The van der Waals surface area contributed by atoms with Crippen molar-refractivity contribution in [2.75, 3.05) is 19.5 Å². The van der Waals surface area contributed by atoms with Gasteiger partial charge in [0.15, 0.2) is 0 Å². The van der Waals surface area contributed by atoms with Gasteiger partial charge in [-0.3, -0.25) is 0 Å². The normalized spacial score (nSPS) is 10.3. The highest BCUT2D eigenvalue weighted by molar-refractivity contribution is 7.99. The molecule has 0 spiro atoms. The third kappa shape index (κ3) is 3.76. The number of ether oxygens (including phenoxy) is 1. The number of hydrogen-bond acceptors (Lipinski definition) is 4. The minimum atomic E-state index is 0.552. The molecule has 1 aromatic rings. The van der Waals surface area contributed by atoms with E-state index in [9.17, 15) is 0 Å². The number of nitrogens with zero attached hydrogens (tertiary/aromatic N) is 1. The Morgan fingerprint density at radius 3 is 2.92 bits per heavy atom. The van der Waals surface area contributed by atoms with Gasteiger partial charge in [-0.1, -0.05) is 6.07 Å². The maximum absolute atomic E-state index is 5.45. The van der Waals surface area contributed by atoms with E-state index in [-0.39, 0.29) is 0 Å². The zero-order chi connectivity index (χ0) is 9.52. The molecule has 0 unspecified atom stereocenters. The van der Waals surface area contributed by atoms with Gasteiger partial charge in [-0.05, 0) is 11.6 Å².